The summed E-state index contributed by atoms with van der Waals surface area (Å²) in [5.74, 6) is 1.58. The molecule has 0 saturated heterocycles. The third-order valence-electron chi connectivity index (χ3n) is 3.77. The molecule has 0 spiro atoms. The quantitative estimate of drug-likeness (QED) is 0.463. The van der Waals surface area contributed by atoms with Gasteiger partial charge in [-0.1, -0.05) is 19.8 Å². The molecular weight excluding hydrogens is 298 g/mol. The Labute approximate surface area is 133 Å². The van der Waals surface area contributed by atoms with Gasteiger partial charge in [0.2, 0.25) is 5.95 Å². The molecule has 2 aromatic heterocycles. The predicted octanol–water partition coefficient (Wildman–Crippen LogP) is 2.54. The predicted molar refractivity (Wildman–Crippen MR) is 89.5 cm³/mol. The molecule has 1 fully saturated rings. The monoisotopic (exact) mass is 319 g/mol. The van der Waals surface area contributed by atoms with E-state index in [4.69, 9.17) is 10.8 Å². The van der Waals surface area contributed by atoms with Gasteiger partial charge in [-0.25, -0.2) is 9.97 Å². The standard InChI is InChI=1S/C15H21N5OS/c1-2-3-4-5-22-14-12-13(18-15(16)19-14)20(9-17-12)7-10-6-11(10)8-21/h7,9,11,21H,2-6,8H2,1H3,(H2,16,18,19)/b10-7-. The van der Waals surface area contributed by atoms with Gasteiger partial charge in [-0.15, -0.1) is 11.8 Å². The first kappa shape index (κ1) is 15.3. The molecule has 0 aromatic carbocycles. The van der Waals surface area contributed by atoms with E-state index in [1.807, 2.05) is 10.8 Å². The normalized spacial score (nSPS) is 19.2. The third kappa shape index (κ3) is 3.25. The first-order valence-corrected chi connectivity index (χ1v) is 8.65. The van der Waals surface area contributed by atoms with Crippen molar-refractivity contribution in [2.24, 2.45) is 5.92 Å². The Morgan fingerprint density at radius 2 is 2.32 bits per heavy atom. The number of hydrogen-bond acceptors (Lipinski definition) is 6. The molecule has 1 atom stereocenters. The Bertz CT molecular complexity index is 697. The first-order valence-electron chi connectivity index (χ1n) is 7.67. The third-order valence-corrected chi connectivity index (χ3v) is 4.82. The highest BCUT2D eigenvalue weighted by molar-refractivity contribution is 7.99. The summed E-state index contributed by atoms with van der Waals surface area (Å²) in [5, 5.41) is 9.98. The van der Waals surface area contributed by atoms with Crippen LogP contribution in [0, 0.1) is 5.92 Å². The molecule has 2 heterocycles. The minimum atomic E-state index is 0.202. The number of thioether (sulfide) groups is 1. The molecule has 3 rings (SSSR count). The number of imidazole rings is 1. The summed E-state index contributed by atoms with van der Waals surface area (Å²) in [5.41, 5.74) is 8.60. The number of rotatable bonds is 7. The van der Waals surface area contributed by atoms with Gasteiger partial charge in [0.05, 0.1) is 0 Å². The van der Waals surface area contributed by atoms with E-state index >= 15 is 0 Å². The smallest absolute Gasteiger partial charge is 0.223 e. The molecule has 1 aliphatic carbocycles. The van der Waals surface area contributed by atoms with Gasteiger partial charge in [-0.2, -0.15) is 4.98 Å². The largest absolute Gasteiger partial charge is 0.396 e. The van der Waals surface area contributed by atoms with Crippen LogP contribution < -0.4 is 5.73 Å². The fourth-order valence-corrected chi connectivity index (χ4v) is 3.35. The van der Waals surface area contributed by atoms with E-state index in [-0.39, 0.29) is 12.6 Å². The van der Waals surface area contributed by atoms with Gasteiger partial charge in [0.25, 0.3) is 0 Å². The van der Waals surface area contributed by atoms with Crippen LogP contribution in [0.25, 0.3) is 17.4 Å². The fourth-order valence-electron chi connectivity index (χ4n) is 2.37. The van der Waals surface area contributed by atoms with Crippen molar-refractivity contribution in [2.75, 3.05) is 18.1 Å². The average molecular weight is 319 g/mol. The van der Waals surface area contributed by atoms with Crippen molar-refractivity contribution < 1.29 is 5.11 Å². The first-order chi connectivity index (χ1) is 10.7. The number of hydrogen-bond donors (Lipinski definition) is 2. The van der Waals surface area contributed by atoms with Crippen molar-refractivity contribution in [3.05, 3.63) is 11.9 Å². The van der Waals surface area contributed by atoms with Crippen molar-refractivity contribution in [3.63, 3.8) is 0 Å². The molecule has 7 heteroatoms. The van der Waals surface area contributed by atoms with Crippen LogP contribution in [0.1, 0.15) is 32.6 Å². The SMILES string of the molecule is CCCCCSc1nc(N)nc2c1ncn2/C=C1/CC1CO. The zero-order valence-electron chi connectivity index (χ0n) is 12.7. The van der Waals surface area contributed by atoms with E-state index in [0.717, 1.165) is 34.8 Å². The Morgan fingerprint density at radius 3 is 3.05 bits per heavy atom. The number of aliphatic hydroxyl groups excluding tert-OH is 1. The van der Waals surface area contributed by atoms with Crippen LogP contribution in [-0.4, -0.2) is 37.0 Å². The highest BCUT2D eigenvalue weighted by Crippen LogP contribution is 2.38. The van der Waals surface area contributed by atoms with E-state index in [1.165, 1.54) is 18.4 Å². The van der Waals surface area contributed by atoms with Crippen LogP contribution in [0.2, 0.25) is 0 Å². The molecule has 1 aliphatic rings. The average Bonchev–Trinajstić information content (AvgIpc) is 3.15. The second kappa shape index (κ2) is 6.66. The summed E-state index contributed by atoms with van der Waals surface area (Å²) < 4.78 is 1.88. The van der Waals surface area contributed by atoms with E-state index in [2.05, 4.69) is 21.9 Å². The molecule has 0 radical (unpaired) electrons. The van der Waals surface area contributed by atoms with Crippen molar-refractivity contribution in [1.82, 2.24) is 19.5 Å². The molecule has 0 bridgehead atoms. The van der Waals surface area contributed by atoms with Gasteiger partial charge in [0, 0.05) is 18.7 Å². The van der Waals surface area contributed by atoms with Crippen molar-refractivity contribution in [3.8, 4) is 0 Å². The number of aliphatic hydroxyl groups is 1. The number of nitrogen functional groups attached to an aromatic ring is 1. The lowest BCUT2D eigenvalue weighted by Gasteiger charge is -2.03. The molecule has 0 aliphatic heterocycles. The van der Waals surface area contributed by atoms with Crippen molar-refractivity contribution >= 4 is 35.1 Å². The van der Waals surface area contributed by atoms with Gasteiger partial charge < -0.3 is 10.8 Å². The van der Waals surface area contributed by atoms with E-state index < -0.39 is 0 Å². The van der Waals surface area contributed by atoms with Crippen LogP contribution in [-0.2, 0) is 0 Å². The van der Waals surface area contributed by atoms with E-state index in [1.54, 1.807) is 18.1 Å². The molecule has 6 nitrogen and oxygen atoms in total. The zero-order chi connectivity index (χ0) is 15.5. The van der Waals surface area contributed by atoms with Crippen LogP contribution >= 0.6 is 11.8 Å². The molecule has 22 heavy (non-hydrogen) atoms. The fraction of sp³-hybridized carbons (Fsp3) is 0.533. The maximum Gasteiger partial charge on any atom is 0.223 e. The Balaban J connectivity index is 1.85. The van der Waals surface area contributed by atoms with Gasteiger partial charge in [0.15, 0.2) is 5.65 Å². The highest BCUT2D eigenvalue weighted by Gasteiger charge is 2.29. The van der Waals surface area contributed by atoms with Gasteiger partial charge in [-0.05, 0) is 24.2 Å². The summed E-state index contributed by atoms with van der Waals surface area (Å²) in [6, 6.07) is 0. The number of nitrogens with two attached hydrogens (primary N) is 1. The summed E-state index contributed by atoms with van der Waals surface area (Å²) in [4.78, 5) is 13.1. The zero-order valence-corrected chi connectivity index (χ0v) is 13.5. The number of fused-ring (bicyclic) bond motifs is 1. The van der Waals surface area contributed by atoms with Crippen LogP contribution in [0.5, 0.6) is 0 Å². The lowest BCUT2D eigenvalue weighted by Crippen LogP contribution is -1.99. The Hall–Kier alpha value is -1.60. The Kier molecular flexibility index (Phi) is 4.63. The summed E-state index contributed by atoms with van der Waals surface area (Å²) >= 11 is 1.69. The molecule has 1 unspecified atom stereocenters. The van der Waals surface area contributed by atoms with Crippen molar-refractivity contribution in [2.45, 2.75) is 37.6 Å². The molecule has 3 N–H and O–H groups in total. The van der Waals surface area contributed by atoms with Crippen LogP contribution in [0.15, 0.2) is 16.9 Å². The minimum absolute atomic E-state index is 0.202. The lowest BCUT2D eigenvalue weighted by atomic mass is 10.3. The number of unbranched alkanes of at least 4 members (excludes halogenated alkanes) is 2. The van der Waals surface area contributed by atoms with Crippen LogP contribution in [0.3, 0.4) is 0 Å². The number of aromatic nitrogens is 4. The molecule has 2 aromatic rings. The van der Waals surface area contributed by atoms with Crippen molar-refractivity contribution in [1.29, 1.82) is 0 Å². The second-order valence-electron chi connectivity index (χ2n) is 5.55. The molecule has 0 amide bonds. The molecule has 118 valence electrons. The summed E-state index contributed by atoms with van der Waals surface area (Å²) in [6.45, 7) is 2.40. The second-order valence-corrected chi connectivity index (χ2v) is 6.64. The summed E-state index contributed by atoms with van der Waals surface area (Å²) in [7, 11) is 0. The van der Waals surface area contributed by atoms with Crippen LogP contribution in [0.4, 0.5) is 5.95 Å². The maximum atomic E-state index is 9.13. The van der Waals surface area contributed by atoms with E-state index in [9.17, 15) is 0 Å². The summed E-state index contributed by atoms with van der Waals surface area (Å²) in [6.07, 6.45) is 8.27. The minimum Gasteiger partial charge on any atom is -0.396 e. The van der Waals surface area contributed by atoms with E-state index in [0.29, 0.717) is 5.92 Å². The molecule has 1 saturated carbocycles. The maximum absolute atomic E-state index is 9.13. The Morgan fingerprint density at radius 1 is 1.45 bits per heavy atom. The van der Waals surface area contributed by atoms with Gasteiger partial charge >= 0.3 is 0 Å². The van der Waals surface area contributed by atoms with Gasteiger partial charge in [-0.3, -0.25) is 4.57 Å². The lowest BCUT2D eigenvalue weighted by molar-refractivity contribution is 0.281. The van der Waals surface area contributed by atoms with Gasteiger partial charge in [0.1, 0.15) is 16.9 Å². The number of anilines is 1. The number of nitrogens with zero attached hydrogens (tertiary/aromatic N) is 4. The topological polar surface area (TPSA) is 89.9 Å². The highest BCUT2D eigenvalue weighted by atomic mass is 32.2. The molecular formula is C15H21N5OS.